The second-order valence-electron chi connectivity index (χ2n) is 9.05. The standard InChI is InChI=1S/C26H32N2O2/c29-26(28-14-3-4-15-28)22-8-5-9-25(19-22)30-24-12-16-27(17-13-24)23-11-10-20-6-1-2-7-21(20)18-23/h1-2,5-9,19,23-24H,3-4,10-18H2. The molecule has 2 fully saturated rings. The lowest BCUT2D eigenvalue weighted by Crippen LogP contribution is -2.46. The largest absolute Gasteiger partial charge is 0.490 e. The van der Waals surface area contributed by atoms with Gasteiger partial charge in [-0.1, -0.05) is 30.3 Å². The normalized spacial score (nSPS) is 22.7. The molecule has 0 saturated carbocycles. The maximum Gasteiger partial charge on any atom is 0.253 e. The van der Waals surface area contributed by atoms with Gasteiger partial charge in [0.25, 0.3) is 5.91 Å². The van der Waals surface area contributed by atoms with E-state index in [1.54, 1.807) is 0 Å². The van der Waals surface area contributed by atoms with Crippen LogP contribution in [0.3, 0.4) is 0 Å². The van der Waals surface area contributed by atoms with Crippen molar-refractivity contribution >= 4 is 5.91 Å². The van der Waals surface area contributed by atoms with Crippen molar-refractivity contribution in [1.29, 1.82) is 0 Å². The second kappa shape index (κ2) is 8.81. The Kier molecular flexibility index (Phi) is 5.76. The maximum atomic E-state index is 12.7. The second-order valence-corrected chi connectivity index (χ2v) is 9.05. The van der Waals surface area contributed by atoms with Crippen LogP contribution in [0.4, 0.5) is 0 Å². The molecule has 0 bridgehead atoms. The molecule has 4 heteroatoms. The van der Waals surface area contributed by atoms with Crippen LogP contribution < -0.4 is 4.74 Å². The lowest BCUT2D eigenvalue weighted by atomic mass is 9.86. The monoisotopic (exact) mass is 404 g/mol. The Bertz CT molecular complexity index is 882. The highest BCUT2D eigenvalue weighted by atomic mass is 16.5. The van der Waals surface area contributed by atoms with E-state index in [2.05, 4.69) is 29.2 Å². The number of ether oxygens (including phenoxy) is 1. The van der Waals surface area contributed by atoms with Crippen molar-refractivity contribution in [2.75, 3.05) is 26.2 Å². The fourth-order valence-electron chi connectivity index (χ4n) is 5.35. The smallest absolute Gasteiger partial charge is 0.253 e. The van der Waals surface area contributed by atoms with Gasteiger partial charge < -0.3 is 9.64 Å². The van der Waals surface area contributed by atoms with Gasteiger partial charge in [0.1, 0.15) is 11.9 Å². The van der Waals surface area contributed by atoms with Gasteiger partial charge in [-0.05, 0) is 74.3 Å². The minimum absolute atomic E-state index is 0.144. The van der Waals surface area contributed by atoms with E-state index in [-0.39, 0.29) is 12.0 Å². The molecule has 0 N–H and O–H groups in total. The summed E-state index contributed by atoms with van der Waals surface area (Å²) >= 11 is 0. The lowest BCUT2D eigenvalue weighted by Gasteiger charge is -2.39. The molecule has 4 nitrogen and oxygen atoms in total. The van der Waals surface area contributed by atoms with Crippen molar-refractivity contribution in [3.05, 3.63) is 65.2 Å². The highest BCUT2D eigenvalue weighted by molar-refractivity contribution is 5.94. The zero-order valence-corrected chi connectivity index (χ0v) is 17.8. The van der Waals surface area contributed by atoms with Gasteiger partial charge in [0.15, 0.2) is 0 Å². The van der Waals surface area contributed by atoms with E-state index in [9.17, 15) is 4.79 Å². The Balaban J connectivity index is 1.15. The molecule has 1 amide bonds. The van der Waals surface area contributed by atoms with Crippen molar-refractivity contribution in [3.8, 4) is 5.75 Å². The summed E-state index contributed by atoms with van der Waals surface area (Å²) in [7, 11) is 0. The van der Waals surface area contributed by atoms with E-state index in [4.69, 9.17) is 4.74 Å². The topological polar surface area (TPSA) is 32.8 Å². The van der Waals surface area contributed by atoms with Crippen LogP contribution in [0.15, 0.2) is 48.5 Å². The first kappa shape index (κ1) is 19.6. The molecular formula is C26H32N2O2. The Labute approximate surface area is 179 Å². The van der Waals surface area contributed by atoms with Crippen LogP contribution in [0.25, 0.3) is 0 Å². The minimum Gasteiger partial charge on any atom is -0.490 e. The van der Waals surface area contributed by atoms with Crippen molar-refractivity contribution in [3.63, 3.8) is 0 Å². The van der Waals surface area contributed by atoms with E-state index >= 15 is 0 Å². The zero-order chi connectivity index (χ0) is 20.3. The van der Waals surface area contributed by atoms with Crippen LogP contribution in [0, 0.1) is 0 Å². The predicted molar refractivity (Wildman–Crippen MR) is 119 cm³/mol. The molecule has 158 valence electrons. The first-order valence-electron chi connectivity index (χ1n) is 11.6. The molecule has 0 radical (unpaired) electrons. The molecule has 1 unspecified atom stereocenters. The SMILES string of the molecule is O=C(c1cccc(OC2CCN(C3CCc4ccccc4C3)CC2)c1)N1CCCC1. The number of likely N-dealkylation sites (tertiary alicyclic amines) is 2. The third-order valence-corrected chi connectivity index (χ3v) is 7.09. The summed E-state index contributed by atoms with van der Waals surface area (Å²) in [5.41, 5.74) is 3.83. The molecule has 2 saturated heterocycles. The Morgan fingerprint density at radius 3 is 2.43 bits per heavy atom. The quantitative estimate of drug-likeness (QED) is 0.761. The summed E-state index contributed by atoms with van der Waals surface area (Å²) in [6, 6.07) is 17.4. The van der Waals surface area contributed by atoms with Gasteiger partial charge in [0, 0.05) is 37.8 Å². The molecule has 1 aliphatic carbocycles. The van der Waals surface area contributed by atoms with Gasteiger partial charge in [-0.3, -0.25) is 9.69 Å². The van der Waals surface area contributed by atoms with Gasteiger partial charge in [0.2, 0.25) is 0 Å². The summed E-state index contributed by atoms with van der Waals surface area (Å²) in [5.74, 6) is 0.982. The number of nitrogens with zero attached hydrogens (tertiary/aromatic N) is 2. The van der Waals surface area contributed by atoms with Crippen molar-refractivity contribution in [1.82, 2.24) is 9.80 Å². The van der Waals surface area contributed by atoms with Crippen LogP contribution in [0.2, 0.25) is 0 Å². The van der Waals surface area contributed by atoms with E-state index in [0.717, 1.165) is 63.2 Å². The summed E-state index contributed by atoms with van der Waals surface area (Å²) in [4.78, 5) is 17.3. The molecule has 2 aliphatic heterocycles. The molecule has 2 aromatic carbocycles. The number of aryl methyl sites for hydroxylation is 1. The molecule has 0 aromatic heterocycles. The van der Waals surface area contributed by atoms with Gasteiger partial charge in [0.05, 0.1) is 0 Å². The van der Waals surface area contributed by atoms with E-state index in [1.165, 1.54) is 30.4 Å². The number of hydrogen-bond acceptors (Lipinski definition) is 3. The van der Waals surface area contributed by atoms with Gasteiger partial charge in [-0.2, -0.15) is 0 Å². The van der Waals surface area contributed by atoms with Crippen LogP contribution in [0.1, 0.15) is 53.6 Å². The zero-order valence-electron chi connectivity index (χ0n) is 17.8. The third-order valence-electron chi connectivity index (χ3n) is 7.09. The summed E-state index contributed by atoms with van der Waals surface area (Å²) in [6.45, 7) is 3.97. The van der Waals surface area contributed by atoms with Crippen LogP contribution in [0.5, 0.6) is 5.75 Å². The number of hydrogen-bond donors (Lipinski definition) is 0. The third kappa shape index (κ3) is 4.24. The summed E-state index contributed by atoms with van der Waals surface area (Å²) in [6.07, 6.45) is 8.25. The average Bonchev–Trinajstić information content (AvgIpc) is 3.34. The van der Waals surface area contributed by atoms with E-state index < -0.39 is 0 Å². The maximum absolute atomic E-state index is 12.7. The van der Waals surface area contributed by atoms with Crippen molar-refractivity contribution in [2.45, 2.75) is 57.1 Å². The number of carbonyl (C=O) groups is 1. The fraction of sp³-hybridized carbons (Fsp3) is 0.500. The number of amides is 1. The number of rotatable bonds is 4. The Morgan fingerprint density at radius 1 is 0.867 bits per heavy atom. The number of piperidine rings is 1. The van der Waals surface area contributed by atoms with Crippen LogP contribution >= 0.6 is 0 Å². The highest BCUT2D eigenvalue weighted by Gasteiger charge is 2.29. The van der Waals surface area contributed by atoms with Gasteiger partial charge in [-0.25, -0.2) is 0 Å². The highest BCUT2D eigenvalue weighted by Crippen LogP contribution is 2.28. The van der Waals surface area contributed by atoms with Gasteiger partial charge in [-0.15, -0.1) is 0 Å². The predicted octanol–water partition coefficient (Wildman–Crippen LogP) is 4.32. The number of fused-ring (bicyclic) bond motifs is 1. The first-order valence-corrected chi connectivity index (χ1v) is 11.6. The van der Waals surface area contributed by atoms with Crippen molar-refractivity contribution < 1.29 is 9.53 Å². The van der Waals surface area contributed by atoms with Crippen LogP contribution in [-0.2, 0) is 12.8 Å². The molecular weight excluding hydrogens is 372 g/mol. The molecule has 5 rings (SSSR count). The van der Waals surface area contributed by atoms with Crippen molar-refractivity contribution in [2.24, 2.45) is 0 Å². The number of benzene rings is 2. The molecule has 1 atom stereocenters. The first-order chi connectivity index (χ1) is 14.8. The lowest BCUT2D eigenvalue weighted by molar-refractivity contribution is 0.0703. The Morgan fingerprint density at radius 2 is 1.63 bits per heavy atom. The molecule has 30 heavy (non-hydrogen) atoms. The summed E-state index contributed by atoms with van der Waals surface area (Å²) in [5, 5.41) is 0. The molecule has 2 aromatic rings. The van der Waals surface area contributed by atoms with Gasteiger partial charge >= 0.3 is 0 Å². The van der Waals surface area contributed by atoms with E-state index in [1.807, 2.05) is 29.2 Å². The molecule has 2 heterocycles. The Hall–Kier alpha value is -2.33. The summed E-state index contributed by atoms with van der Waals surface area (Å²) < 4.78 is 6.30. The fourth-order valence-corrected chi connectivity index (χ4v) is 5.35. The minimum atomic E-state index is 0.144. The number of carbonyl (C=O) groups excluding carboxylic acids is 1. The molecule has 0 spiro atoms. The van der Waals surface area contributed by atoms with Crippen LogP contribution in [-0.4, -0.2) is 54.0 Å². The van der Waals surface area contributed by atoms with E-state index in [0.29, 0.717) is 6.04 Å². The molecule has 3 aliphatic rings. The average molecular weight is 405 g/mol.